The number of nitrogens with one attached hydrogen (secondary N) is 1. The molecule has 0 saturated heterocycles. The molecule has 19 heavy (non-hydrogen) atoms. The number of pyridine rings is 1. The number of aromatic nitrogens is 1. The summed E-state index contributed by atoms with van der Waals surface area (Å²) >= 11 is 0. The van der Waals surface area contributed by atoms with Crippen LogP contribution in [0.3, 0.4) is 0 Å². The summed E-state index contributed by atoms with van der Waals surface area (Å²) in [5.74, 6) is -1.18. The van der Waals surface area contributed by atoms with Crippen LogP contribution < -0.4 is 5.32 Å². The minimum Gasteiger partial charge on any atom is -0.387 e. The van der Waals surface area contributed by atoms with Gasteiger partial charge in [-0.1, -0.05) is 0 Å². The fourth-order valence-electron chi connectivity index (χ4n) is 1.73. The third-order valence-electron chi connectivity index (χ3n) is 2.73. The van der Waals surface area contributed by atoms with Crippen LogP contribution in [0.5, 0.6) is 0 Å². The molecule has 0 fully saturated rings. The van der Waals surface area contributed by atoms with Crippen LogP contribution in [0.15, 0.2) is 42.7 Å². The average molecular weight is 264 g/mol. The highest BCUT2D eigenvalue weighted by molar-refractivity contribution is 5.21. The highest BCUT2D eigenvalue weighted by Crippen LogP contribution is 2.17. The van der Waals surface area contributed by atoms with E-state index in [1.165, 1.54) is 0 Å². The van der Waals surface area contributed by atoms with Crippen molar-refractivity contribution in [1.82, 2.24) is 10.3 Å². The zero-order valence-electron chi connectivity index (χ0n) is 10.2. The minimum atomic E-state index is -1.09. The molecular formula is C14H14F2N2O. The number of halogens is 2. The van der Waals surface area contributed by atoms with Crippen LogP contribution in [0.25, 0.3) is 0 Å². The van der Waals surface area contributed by atoms with Crippen LogP contribution in [-0.4, -0.2) is 16.6 Å². The molecule has 1 heterocycles. The Morgan fingerprint density at radius 3 is 2.63 bits per heavy atom. The Bertz CT molecular complexity index is 534. The van der Waals surface area contributed by atoms with Crippen LogP contribution in [-0.2, 0) is 6.54 Å². The van der Waals surface area contributed by atoms with Gasteiger partial charge >= 0.3 is 0 Å². The minimum absolute atomic E-state index is 0.0396. The topological polar surface area (TPSA) is 45.1 Å². The highest BCUT2D eigenvalue weighted by atomic mass is 19.1. The van der Waals surface area contributed by atoms with Crippen molar-refractivity contribution in [3.05, 3.63) is 65.5 Å². The maximum absolute atomic E-state index is 13.4. The van der Waals surface area contributed by atoms with E-state index in [9.17, 15) is 13.9 Å². The summed E-state index contributed by atoms with van der Waals surface area (Å²) in [7, 11) is 0. The van der Waals surface area contributed by atoms with Crippen LogP contribution in [0.2, 0.25) is 0 Å². The molecule has 2 aromatic rings. The molecule has 0 bridgehead atoms. The lowest BCUT2D eigenvalue weighted by molar-refractivity contribution is 0.169. The van der Waals surface area contributed by atoms with Gasteiger partial charge in [-0.15, -0.1) is 0 Å². The van der Waals surface area contributed by atoms with Crippen molar-refractivity contribution in [1.29, 1.82) is 0 Å². The Balaban J connectivity index is 1.91. The van der Waals surface area contributed by atoms with Gasteiger partial charge in [0.05, 0.1) is 6.10 Å². The maximum Gasteiger partial charge on any atom is 0.129 e. The Labute approximate surface area is 109 Å². The molecule has 1 atom stereocenters. The molecule has 0 spiro atoms. The SMILES string of the molecule is OC(CNCc1ccncc1)c1cc(F)ccc1F. The quantitative estimate of drug-likeness (QED) is 0.870. The van der Waals surface area contributed by atoms with Crippen LogP contribution in [0.1, 0.15) is 17.2 Å². The van der Waals surface area contributed by atoms with E-state index in [-0.39, 0.29) is 12.1 Å². The van der Waals surface area contributed by atoms with E-state index in [1.54, 1.807) is 12.4 Å². The Morgan fingerprint density at radius 1 is 1.16 bits per heavy atom. The Hall–Kier alpha value is -1.85. The summed E-state index contributed by atoms with van der Waals surface area (Å²) in [5, 5.41) is 12.8. The lowest BCUT2D eigenvalue weighted by atomic mass is 10.1. The fraction of sp³-hybridized carbons (Fsp3) is 0.214. The van der Waals surface area contributed by atoms with Crippen molar-refractivity contribution in [2.24, 2.45) is 0 Å². The van der Waals surface area contributed by atoms with Gasteiger partial charge in [0.2, 0.25) is 0 Å². The first kappa shape index (κ1) is 13.6. The van der Waals surface area contributed by atoms with Crippen LogP contribution in [0.4, 0.5) is 8.78 Å². The number of hydrogen-bond acceptors (Lipinski definition) is 3. The second-order valence-electron chi connectivity index (χ2n) is 4.17. The number of aliphatic hydroxyl groups is 1. The van der Waals surface area contributed by atoms with Crippen molar-refractivity contribution in [2.75, 3.05) is 6.54 Å². The van der Waals surface area contributed by atoms with Crippen molar-refractivity contribution in [2.45, 2.75) is 12.6 Å². The second-order valence-corrected chi connectivity index (χ2v) is 4.17. The first-order chi connectivity index (χ1) is 9.16. The van der Waals surface area contributed by atoms with Crippen molar-refractivity contribution in [3.8, 4) is 0 Å². The van der Waals surface area contributed by atoms with Gasteiger partial charge in [-0.3, -0.25) is 4.98 Å². The highest BCUT2D eigenvalue weighted by Gasteiger charge is 2.13. The maximum atomic E-state index is 13.4. The number of benzene rings is 1. The predicted octanol–water partition coefficient (Wildman–Crippen LogP) is 2.18. The van der Waals surface area contributed by atoms with Gasteiger partial charge < -0.3 is 10.4 Å². The molecule has 1 aromatic heterocycles. The average Bonchev–Trinajstić information content (AvgIpc) is 2.42. The van der Waals surface area contributed by atoms with Crippen LogP contribution in [0, 0.1) is 11.6 Å². The number of hydrogen-bond donors (Lipinski definition) is 2. The molecular weight excluding hydrogens is 250 g/mol. The molecule has 0 aliphatic heterocycles. The molecule has 3 nitrogen and oxygen atoms in total. The van der Waals surface area contributed by atoms with Crippen LogP contribution >= 0.6 is 0 Å². The van der Waals surface area contributed by atoms with Gasteiger partial charge in [0.1, 0.15) is 11.6 Å². The van der Waals surface area contributed by atoms with Gasteiger partial charge in [-0.05, 0) is 35.9 Å². The summed E-state index contributed by atoms with van der Waals surface area (Å²) < 4.78 is 26.4. The molecule has 0 aliphatic carbocycles. The number of aliphatic hydroxyl groups excluding tert-OH is 1. The molecule has 0 amide bonds. The second kappa shape index (κ2) is 6.36. The Morgan fingerprint density at radius 2 is 1.89 bits per heavy atom. The molecule has 1 aromatic carbocycles. The smallest absolute Gasteiger partial charge is 0.129 e. The van der Waals surface area contributed by atoms with Gasteiger partial charge in [-0.2, -0.15) is 0 Å². The molecule has 2 N–H and O–H groups in total. The molecule has 0 saturated carbocycles. The molecule has 0 aliphatic rings. The first-order valence-electron chi connectivity index (χ1n) is 5.89. The number of nitrogens with zero attached hydrogens (tertiary/aromatic N) is 1. The third-order valence-corrected chi connectivity index (χ3v) is 2.73. The molecule has 2 rings (SSSR count). The molecule has 5 heteroatoms. The van der Waals surface area contributed by atoms with Gasteiger partial charge in [-0.25, -0.2) is 8.78 Å². The fourth-order valence-corrected chi connectivity index (χ4v) is 1.73. The van der Waals surface area contributed by atoms with E-state index >= 15 is 0 Å². The molecule has 0 radical (unpaired) electrons. The monoisotopic (exact) mass is 264 g/mol. The van der Waals surface area contributed by atoms with E-state index in [0.717, 1.165) is 23.8 Å². The third kappa shape index (κ3) is 3.81. The van der Waals surface area contributed by atoms with E-state index in [1.807, 2.05) is 12.1 Å². The van der Waals surface area contributed by atoms with Gasteiger partial charge in [0.25, 0.3) is 0 Å². The molecule has 100 valence electrons. The van der Waals surface area contributed by atoms with E-state index in [4.69, 9.17) is 0 Å². The van der Waals surface area contributed by atoms with E-state index < -0.39 is 17.7 Å². The summed E-state index contributed by atoms with van der Waals surface area (Å²) in [5.41, 5.74) is 0.962. The zero-order chi connectivity index (χ0) is 13.7. The standard InChI is InChI=1S/C14H14F2N2O/c15-11-1-2-13(16)12(7-11)14(19)9-18-8-10-3-5-17-6-4-10/h1-7,14,18-19H,8-9H2. The van der Waals surface area contributed by atoms with Crippen molar-refractivity contribution >= 4 is 0 Å². The van der Waals surface area contributed by atoms with E-state index in [0.29, 0.717) is 6.54 Å². The zero-order valence-corrected chi connectivity index (χ0v) is 10.2. The summed E-state index contributed by atoms with van der Waals surface area (Å²) in [6.45, 7) is 0.666. The van der Waals surface area contributed by atoms with Crippen molar-refractivity contribution in [3.63, 3.8) is 0 Å². The Kier molecular flexibility index (Phi) is 4.54. The number of rotatable bonds is 5. The first-order valence-corrected chi connectivity index (χ1v) is 5.89. The van der Waals surface area contributed by atoms with E-state index in [2.05, 4.69) is 10.3 Å². The summed E-state index contributed by atoms with van der Waals surface area (Å²) in [4.78, 5) is 3.89. The largest absolute Gasteiger partial charge is 0.387 e. The summed E-state index contributed by atoms with van der Waals surface area (Å²) in [6.07, 6.45) is 2.25. The summed E-state index contributed by atoms with van der Waals surface area (Å²) in [6, 6.07) is 6.71. The predicted molar refractivity (Wildman–Crippen MR) is 67.3 cm³/mol. The van der Waals surface area contributed by atoms with Gasteiger partial charge in [0.15, 0.2) is 0 Å². The normalized spacial score (nSPS) is 12.4. The molecule has 1 unspecified atom stereocenters. The van der Waals surface area contributed by atoms with Crippen molar-refractivity contribution < 1.29 is 13.9 Å². The lowest BCUT2D eigenvalue weighted by Gasteiger charge is -2.13. The lowest BCUT2D eigenvalue weighted by Crippen LogP contribution is -2.21. The van der Waals surface area contributed by atoms with Gasteiger partial charge in [0, 0.05) is 31.0 Å².